The molecule has 2 aliphatic rings. The molecule has 0 saturated carbocycles. The summed E-state index contributed by atoms with van der Waals surface area (Å²) in [6, 6.07) is 6.81. The Morgan fingerprint density at radius 3 is 2.59 bits per heavy atom. The maximum Gasteiger partial charge on any atom is 0.451 e. The summed E-state index contributed by atoms with van der Waals surface area (Å²) in [5.74, 6) is -1.06. The van der Waals surface area contributed by atoms with Gasteiger partial charge >= 0.3 is 6.18 Å². The summed E-state index contributed by atoms with van der Waals surface area (Å²) in [6.07, 6.45) is -4.03. The maximum atomic E-state index is 12.9. The van der Waals surface area contributed by atoms with Crippen molar-refractivity contribution in [1.82, 2.24) is 30.5 Å². The van der Waals surface area contributed by atoms with Crippen LogP contribution in [0, 0.1) is 0 Å². The van der Waals surface area contributed by atoms with Crippen molar-refractivity contribution < 1.29 is 18.0 Å². The number of nitrogens with one attached hydrogen (secondary N) is 2. The van der Waals surface area contributed by atoms with E-state index >= 15 is 0 Å². The number of hydrazine groups is 1. The number of halogens is 4. The van der Waals surface area contributed by atoms with Gasteiger partial charge in [-0.2, -0.15) is 13.2 Å². The molecule has 11 heteroatoms. The standard InChI is InChI=1S/C16H16ClF3N6O/c17-10-3-1-9(2-4-10)11-7-12(22-21-11)14(27)25-5-6-26-13(8-25)23-24-15(26)16(18,19)20/h1-4,11-12,21-22H,5-8H2. The van der Waals surface area contributed by atoms with Gasteiger partial charge < -0.3 is 9.47 Å². The molecule has 1 aromatic carbocycles. The van der Waals surface area contributed by atoms with Crippen LogP contribution < -0.4 is 10.9 Å². The SMILES string of the molecule is O=C(C1CC(c2ccc(Cl)cc2)NN1)N1CCn2c(nnc2C(F)(F)F)C1. The Morgan fingerprint density at radius 1 is 1.15 bits per heavy atom. The van der Waals surface area contributed by atoms with Crippen LogP contribution in [0.4, 0.5) is 13.2 Å². The molecule has 4 rings (SSSR count). The predicted molar refractivity (Wildman–Crippen MR) is 89.3 cm³/mol. The summed E-state index contributed by atoms with van der Waals surface area (Å²) in [5.41, 5.74) is 7.05. The van der Waals surface area contributed by atoms with Gasteiger partial charge in [0.05, 0.1) is 6.54 Å². The summed E-state index contributed by atoms with van der Waals surface area (Å²) in [5, 5.41) is 7.47. The third-order valence-corrected chi connectivity index (χ3v) is 5.04. The molecule has 2 unspecified atom stereocenters. The van der Waals surface area contributed by atoms with E-state index in [-0.39, 0.29) is 37.4 Å². The van der Waals surface area contributed by atoms with Crippen molar-refractivity contribution in [3.05, 3.63) is 46.5 Å². The molecular weight excluding hydrogens is 385 g/mol. The highest BCUT2D eigenvalue weighted by Gasteiger charge is 2.41. The molecule has 2 aliphatic heterocycles. The van der Waals surface area contributed by atoms with E-state index in [9.17, 15) is 18.0 Å². The molecule has 0 spiro atoms. The lowest BCUT2D eigenvalue weighted by molar-refractivity contribution is -0.148. The summed E-state index contributed by atoms with van der Waals surface area (Å²) >= 11 is 5.89. The van der Waals surface area contributed by atoms with Crippen molar-refractivity contribution in [3.8, 4) is 0 Å². The minimum Gasteiger partial charge on any atom is -0.332 e. The number of alkyl halides is 3. The molecule has 1 amide bonds. The molecule has 144 valence electrons. The molecule has 2 N–H and O–H groups in total. The molecule has 0 aliphatic carbocycles. The normalized spacial score (nSPS) is 22.7. The average Bonchev–Trinajstić information content (AvgIpc) is 3.28. The fourth-order valence-corrected chi connectivity index (χ4v) is 3.53. The number of benzene rings is 1. The van der Waals surface area contributed by atoms with Crippen LogP contribution >= 0.6 is 11.6 Å². The van der Waals surface area contributed by atoms with Crippen LogP contribution in [-0.4, -0.2) is 38.2 Å². The molecule has 2 aromatic rings. The van der Waals surface area contributed by atoms with Crippen molar-refractivity contribution in [3.63, 3.8) is 0 Å². The van der Waals surface area contributed by atoms with E-state index in [1.54, 1.807) is 12.1 Å². The second kappa shape index (κ2) is 6.77. The lowest BCUT2D eigenvalue weighted by Crippen LogP contribution is -2.48. The van der Waals surface area contributed by atoms with E-state index < -0.39 is 18.0 Å². The number of carbonyl (C=O) groups is 1. The van der Waals surface area contributed by atoms with Gasteiger partial charge in [0, 0.05) is 24.2 Å². The van der Waals surface area contributed by atoms with E-state index in [4.69, 9.17) is 11.6 Å². The number of hydrogen-bond acceptors (Lipinski definition) is 5. The topological polar surface area (TPSA) is 75.1 Å². The number of rotatable bonds is 2. The van der Waals surface area contributed by atoms with Gasteiger partial charge in [-0.15, -0.1) is 10.2 Å². The average molecular weight is 401 g/mol. The van der Waals surface area contributed by atoms with E-state index in [1.165, 1.54) is 4.90 Å². The van der Waals surface area contributed by atoms with Gasteiger partial charge in [0.2, 0.25) is 11.7 Å². The maximum absolute atomic E-state index is 12.9. The Hall–Kier alpha value is -2.17. The van der Waals surface area contributed by atoms with E-state index in [2.05, 4.69) is 21.0 Å². The van der Waals surface area contributed by atoms with Crippen molar-refractivity contribution in [2.45, 2.75) is 37.8 Å². The highest BCUT2D eigenvalue weighted by Crippen LogP contribution is 2.30. The lowest BCUT2D eigenvalue weighted by atomic mass is 10.0. The quantitative estimate of drug-likeness (QED) is 0.805. The number of fused-ring (bicyclic) bond motifs is 1. The number of amides is 1. The molecule has 0 bridgehead atoms. The van der Waals surface area contributed by atoms with Crippen LogP contribution in [-0.2, 0) is 24.1 Å². The molecule has 0 radical (unpaired) electrons. The minimum atomic E-state index is -4.56. The summed E-state index contributed by atoms with van der Waals surface area (Å²) < 4.78 is 39.8. The van der Waals surface area contributed by atoms with Crippen LogP contribution in [0.2, 0.25) is 5.02 Å². The zero-order chi connectivity index (χ0) is 19.2. The molecule has 3 heterocycles. The fourth-order valence-electron chi connectivity index (χ4n) is 3.41. The van der Waals surface area contributed by atoms with Gasteiger partial charge in [-0.25, -0.2) is 10.9 Å². The minimum absolute atomic E-state index is 0.00566. The van der Waals surface area contributed by atoms with Crippen LogP contribution in [0.3, 0.4) is 0 Å². The molecule has 1 fully saturated rings. The second-order valence-corrected chi connectivity index (χ2v) is 6.97. The van der Waals surface area contributed by atoms with Crippen molar-refractivity contribution in [2.24, 2.45) is 0 Å². The van der Waals surface area contributed by atoms with Crippen LogP contribution in [0.25, 0.3) is 0 Å². The number of hydrogen-bond donors (Lipinski definition) is 2. The summed E-state index contributed by atoms with van der Waals surface area (Å²) in [4.78, 5) is 14.3. The number of aromatic nitrogens is 3. The molecule has 1 saturated heterocycles. The number of nitrogens with zero attached hydrogens (tertiary/aromatic N) is 4. The zero-order valence-electron chi connectivity index (χ0n) is 14.0. The van der Waals surface area contributed by atoms with Crippen LogP contribution in [0.5, 0.6) is 0 Å². The first kappa shape index (κ1) is 18.2. The monoisotopic (exact) mass is 400 g/mol. The first-order valence-electron chi connectivity index (χ1n) is 8.37. The van der Waals surface area contributed by atoms with Crippen molar-refractivity contribution >= 4 is 17.5 Å². The Kier molecular flexibility index (Phi) is 4.57. The third-order valence-electron chi connectivity index (χ3n) is 4.79. The largest absolute Gasteiger partial charge is 0.451 e. The van der Waals surface area contributed by atoms with Crippen molar-refractivity contribution in [1.29, 1.82) is 0 Å². The zero-order valence-corrected chi connectivity index (χ0v) is 14.8. The van der Waals surface area contributed by atoms with Gasteiger partial charge in [0.25, 0.3) is 0 Å². The Balaban J connectivity index is 1.42. The smallest absolute Gasteiger partial charge is 0.332 e. The molecule has 27 heavy (non-hydrogen) atoms. The molecule has 1 aromatic heterocycles. The van der Waals surface area contributed by atoms with Crippen molar-refractivity contribution in [2.75, 3.05) is 6.54 Å². The molecule has 7 nitrogen and oxygen atoms in total. The lowest BCUT2D eigenvalue weighted by Gasteiger charge is -2.29. The molecular formula is C16H16ClF3N6O. The fraction of sp³-hybridized carbons (Fsp3) is 0.438. The van der Waals surface area contributed by atoms with Crippen LogP contribution in [0.1, 0.15) is 29.7 Å². The van der Waals surface area contributed by atoms with Gasteiger partial charge in [0.1, 0.15) is 6.04 Å². The summed E-state index contributed by atoms with van der Waals surface area (Å²) in [6.45, 7) is 0.201. The Labute approximate surface area is 157 Å². The van der Waals surface area contributed by atoms with Gasteiger partial charge in [-0.05, 0) is 24.1 Å². The second-order valence-electron chi connectivity index (χ2n) is 6.53. The Bertz CT molecular complexity index is 853. The van der Waals surface area contributed by atoms with E-state index in [1.807, 2.05) is 12.1 Å². The predicted octanol–water partition coefficient (Wildman–Crippen LogP) is 1.90. The third kappa shape index (κ3) is 3.52. The van der Waals surface area contributed by atoms with Crippen LogP contribution in [0.15, 0.2) is 24.3 Å². The number of carbonyl (C=O) groups excluding carboxylic acids is 1. The Morgan fingerprint density at radius 2 is 1.89 bits per heavy atom. The summed E-state index contributed by atoms with van der Waals surface area (Å²) in [7, 11) is 0. The van der Waals surface area contributed by atoms with Gasteiger partial charge in [-0.3, -0.25) is 4.79 Å². The van der Waals surface area contributed by atoms with Gasteiger partial charge in [0.15, 0.2) is 5.82 Å². The highest BCUT2D eigenvalue weighted by atomic mass is 35.5. The van der Waals surface area contributed by atoms with E-state index in [0.717, 1.165) is 10.1 Å². The van der Waals surface area contributed by atoms with E-state index in [0.29, 0.717) is 11.4 Å². The first-order valence-corrected chi connectivity index (χ1v) is 8.75. The highest BCUT2D eigenvalue weighted by molar-refractivity contribution is 6.30. The van der Waals surface area contributed by atoms with Gasteiger partial charge in [-0.1, -0.05) is 23.7 Å². The molecule has 2 atom stereocenters. The first-order chi connectivity index (χ1) is 12.8.